The Kier molecular flexibility index (Phi) is 3.95. The van der Waals surface area contributed by atoms with Crippen molar-refractivity contribution in [3.8, 4) is 0 Å². The van der Waals surface area contributed by atoms with Crippen LogP contribution in [0.4, 0.5) is 4.53 Å². The van der Waals surface area contributed by atoms with E-state index in [0.717, 1.165) is 0 Å². The molecule has 8 heavy (non-hydrogen) atoms. The van der Waals surface area contributed by atoms with Crippen LogP contribution < -0.4 is 0 Å². The number of hydrogen-bond donors (Lipinski definition) is 1. The van der Waals surface area contributed by atoms with E-state index in [1.165, 1.54) is 0 Å². The van der Waals surface area contributed by atoms with E-state index in [-0.39, 0.29) is 0 Å². The Hall–Kier alpha value is 0.01000. The lowest BCUT2D eigenvalue weighted by molar-refractivity contribution is -0.00748. The Labute approximate surface area is 45.2 Å². The molecule has 5 nitrogen and oxygen atoms in total. The molecule has 0 bridgehead atoms. The van der Waals surface area contributed by atoms with Crippen molar-refractivity contribution in [2.45, 2.75) is 0 Å². The largest absolute Gasteiger partial charge is 0.783 e. The van der Waals surface area contributed by atoms with Crippen molar-refractivity contribution in [1.82, 2.24) is 0 Å². The molecular weight excluding hydrogens is 161 g/mol. The molecule has 0 aliphatic carbocycles. The zero-order valence-electron chi connectivity index (χ0n) is 3.35. The van der Waals surface area contributed by atoms with Crippen LogP contribution in [0.3, 0.4) is 0 Å². The quantitative estimate of drug-likeness (QED) is 0.631. The Morgan fingerprint density at radius 1 is 1.50 bits per heavy atom. The first-order valence-corrected chi connectivity index (χ1v) is 3.49. The normalized spacial score (nSPS) is 13.2. The minimum atomic E-state index is -3.07. The van der Waals surface area contributed by atoms with E-state index in [9.17, 15) is 13.7 Å². The van der Waals surface area contributed by atoms with Crippen molar-refractivity contribution in [1.29, 1.82) is 0 Å². The van der Waals surface area contributed by atoms with Crippen LogP contribution in [-0.4, -0.2) is 4.89 Å². The van der Waals surface area contributed by atoms with E-state index in [2.05, 4.69) is 9.04 Å². The zero-order valence-corrected chi connectivity index (χ0v) is 5.14. The van der Waals surface area contributed by atoms with E-state index < -0.39 is 16.5 Å². The van der Waals surface area contributed by atoms with Gasteiger partial charge in [0.15, 0.2) is 4.31 Å². The molecule has 0 rings (SSSR count). The van der Waals surface area contributed by atoms with Crippen LogP contribution >= 0.6 is 16.5 Å². The highest BCUT2D eigenvalue weighted by Crippen LogP contribution is 2.35. The third-order valence-electron chi connectivity index (χ3n) is 0.193. The minimum Gasteiger partial charge on any atom is -0.131 e. The molecule has 2 atom stereocenters. The highest BCUT2D eigenvalue weighted by molar-refractivity contribution is 7.46. The third-order valence-corrected chi connectivity index (χ3v) is 1.40. The molecule has 2 unspecified atom stereocenters. The summed E-state index contributed by atoms with van der Waals surface area (Å²) in [4.78, 5) is 7.71. The highest BCUT2D eigenvalue weighted by atomic mass is 31.2. The summed E-state index contributed by atoms with van der Waals surface area (Å²) in [6, 6.07) is 0. The van der Waals surface area contributed by atoms with Gasteiger partial charge < -0.3 is 0 Å². The second-order valence-corrected chi connectivity index (χ2v) is 2.33. The molecule has 0 aliphatic heterocycles. The molecule has 0 aliphatic rings. The molecular formula is HFO5P2+2. The molecule has 0 aromatic rings. The first-order valence-electron chi connectivity index (χ1n) is 1.27. The van der Waals surface area contributed by atoms with Crippen molar-refractivity contribution in [3.05, 3.63) is 0 Å². The summed E-state index contributed by atoms with van der Waals surface area (Å²) in [5.74, 6) is 0. The summed E-state index contributed by atoms with van der Waals surface area (Å²) >= 11 is 0. The van der Waals surface area contributed by atoms with Crippen LogP contribution in [0.15, 0.2) is 0 Å². The zero-order chi connectivity index (χ0) is 6.57. The fourth-order valence-corrected chi connectivity index (χ4v) is 0.627. The maximum absolute atomic E-state index is 10.6. The maximum atomic E-state index is 10.6. The van der Waals surface area contributed by atoms with Gasteiger partial charge in [-0.3, -0.25) is 0 Å². The fourth-order valence-electron chi connectivity index (χ4n) is 0.0696. The molecule has 0 aromatic heterocycles. The van der Waals surface area contributed by atoms with Gasteiger partial charge in [-0.05, 0) is 0 Å². The van der Waals surface area contributed by atoms with Crippen molar-refractivity contribution in [2.24, 2.45) is 0 Å². The average Bonchev–Trinajstić information content (AvgIpc) is 1.65. The Balaban J connectivity index is 3.40. The van der Waals surface area contributed by atoms with Crippen LogP contribution in [0, 0.1) is 0 Å². The van der Waals surface area contributed by atoms with E-state index in [4.69, 9.17) is 4.89 Å². The van der Waals surface area contributed by atoms with Gasteiger partial charge in [0.1, 0.15) is 4.73 Å². The molecule has 1 N–H and O–H groups in total. The lowest BCUT2D eigenvalue weighted by Gasteiger charge is -1.56. The Bertz CT molecular complexity index is 109. The first-order chi connectivity index (χ1) is 3.66. The van der Waals surface area contributed by atoms with Gasteiger partial charge in [0.25, 0.3) is 0 Å². The summed E-state index contributed by atoms with van der Waals surface area (Å²) in [7, 11) is -6.11. The molecule has 0 saturated carbocycles. The minimum absolute atomic E-state index is 2.50. The van der Waals surface area contributed by atoms with Gasteiger partial charge in [-0.2, -0.15) is 0 Å². The lowest BCUT2D eigenvalue weighted by atomic mass is 15.6. The molecule has 0 radical (unpaired) electrons. The smallest absolute Gasteiger partial charge is 0.131 e. The van der Waals surface area contributed by atoms with Gasteiger partial charge in [-0.1, -0.05) is 0 Å². The van der Waals surface area contributed by atoms with Crippen LogP contribution in [-0.2, 0) is 18.2 Å². The SMILES string of the molecule is O=[P+](O)O[P+](=O)OF. The number of hydrogen-bond acceptors (Lipinski definition) is 4. The highest BCUT2D eigenvalue weighted by Gasteiger charge is 2.37. The van der Waals surface area contributed by atoms with E-state index in [1.54, 1.807) is 0 Å². The summed E-state index contributed by atoms with van der Waals surface area (Å²) in [6.45, 7) is 0. The Morgan fingerprint density at radius 3 is 2.12 bits per heavy atom. The maximum Gasteiger partial charge on any atom is 0.783 e. The van der Waals surface area contributed by atoms with Gasteiger partial charge in [0.05, 0.1) is 0 Å². The summed E-state index contributed by atoms with van der Waals surface area (Å²) in [5, 5.41) is 0. The molecule has 8 heteroatoms. The van der Waals surface area contributed by atoms with Crippen molar-refractivity contribution >= 4 is 16.5 Å². The predicted octanol–water partition coefficient (Wildman–Crippen LogP) is 1.21. The molecule has 0 saturated heterocycles. The van der Waals surface area contributed by atoms with Crippen molar-refractivity contribution < 1.29 is 27.6 Å². The molecule has 0 aromatic carbocycles. The summed E-state index contributed by atoms with van der Waals surface area (Å²) < 4.78 is 35.6. The molecule has 0 heterocycles. The number of rotatable bonds is 3. The molecule has 46 valence electrons. The van der Waals surface area contributed by atoms with Gasteiger partial charge >= 0.3 is 16.5 Å². The van der Waals surface area contributed by atoms with E-state index in [1.807, 2.05) is 0 Å². The summed E-state index contributed by atoms with van der Waals surface area (Å²) in [6.07, 6.45) is 0. The van der Waals surface area contributed by atoms with Gasteiger partial charge in [-0.25, -0.2) is 0 Å². The predicted molar refractivity (Wildman–Crippen MR) is 20.7 cm³/mol. The van der Waals surface area contributed by atoms with Crippen LogP contribution in [0.25, 0.3) is 0 Å². The van der Waals surface area contributed by atoms with E-state index >= 15 is 0 Å². The fraction of sp³-hybridized carbons (Fsp3) is 0. The lowest BCUT2D eigenvalue weighted by Crippen LogP contribution is -1.62. The average molecular weight is 162 g/mol. The standard InChI is InChI=1S/FO5P2/c1-5-8(4)6-7(2)3/q+1/p+1. The van der Waals surface area contributed by atoms with Crippen molar-refractivity contribution in [2.75, 3.05) is 0 Å². The van der Waals surface area contributed by atoms with Crippen molar-refractivity contribution in [3.63, 3.8) is 0 Å². The van der Waals surface area contributed by atoms with Gasteiger partial charge in [0, 0.05) is 13.7 Å². The van der Waals surface area contributed by atoms with Crippen LogP contribution in [0.5, 0.6) is 0 Å². The van der Waals surface area contributed by atoms with Crippen LogP contribution in [0.2, 0.25) is 0 Å². The second-order valence-electron chi connectivity index (χ2n) is 0.612. The van der Waals surface area contributed by atoms with Gasteiger partial charge in [0.2, 0.25) is 0 Å². The molecule has 0 fully saturated rings. The Morgan fingerprint density at radius 2 is 2.00 bits per heavy atom. The molecule has 0 spiro atoms. The second kappa shape index (κ2) is 3.95. The monoisotopic (exact) mass is 162 g/mol. The molecule has 0 amide bonds. The van der Waals surface area contributed by atoms with Crippen LogP contribution in [0.1, 0.15) is 0 Å². The van der Waals surface area contributed by atoms with E-state index in [0.29, 0.717) is 0 Å². The first kappa shape index (κ1) is 8.01. The topological polar surface area (TPSA) is 72.8 Å². The number of halogens is 1. The summed E-state index contributed by atoms with van der Waals surface area (Å²) in [5.41, 5.74) is 0. The third kappa shape index (κ3) is 4.18. The van der Waals surface area contributed by atoms with Gasteiger partial charge in [-0.15, -0.1) is 4.89 Å².